The van der Waals surface area contributed by atoms with Crippen molar-refractivity contribution in [2.45, 2.75) is 6.42 Å². The summed E-state index contributed by atoms with van der Waals surface area (Å²) in [7, 11) is -4.60. The highest BCUT2D eigenvalue weighted by molar-refractivity contribution is 7.86. The number of para-hydroxylation sites is 1. The fourth-order valence-corrected chi connectivity index (χ4v) is 3.74. The van der Waals surface area contributed by atoms with Crippen LogP contribution in [-0.4, -0.2) is 31.6 Å². The standard InChI is InChI=1S/C14H12ClFN2O3S/c15-13-6-12(10-3-1-2-4-11(10)17-13)18-7-9(5-14(18)19)8-22(16,20)21/h1-4,6,9H,5,7-8H2. The smallest absolute Gasteiger partial charge is 0.302 e. The molecule has 2 aromatic rings. The largest absolute Gasteiger partial charge is 0.311 e. The molecular weight excluding hydrogens is 331 g/mol. The van der Waals surface area contributed by atoms with E-state index in [2.05, 4.69) is 4.98 Å². The SMILES string of the molecule is O=C1CC(CS(=O)(=O)F)CN1c1cc(Cl)nc2ccccc12. The molecule has 1 aliphatic rings. The third-order valence-electron chi connectivity index (χ3n) is 3.59. The van der Waals surface area contributed by atoms with E-state index >= 15 is 0 Å². The molecule has 116 valence electrons. The van der Waals surface area contributed by atoms with Crippen LogP contribution in [0, 0.1) is 5.92 Å². The summed E-state index contributed by atoms with van der Waals surface area (Å²) in [6.45, 7) is 0.145. The number of rotatable bonds is 3. The van der Waals surface area contributed by atoms with Crippen LogP contribution in [0.25, 0.3) is 10.9 Å². The van der Waals surface area contributed by atoms with Gasteiger partial charge >= 0.3 is 10.2 Å². The number of aromatic nitrogens is 1. The molecule has 1 fully saturated rings. The van der Waals surface area contributed by atoms with Crippen LogP contribution in [0.4, 0.5) is 9.57 Å². The number of halogens is 2. The summed E-state index contributed by atoms with van der Waals surface area (Å²) >= 11 is 5.99. The Bertz CT molecular complexity index is 856. The van der Waals surface area contributed by atoms with Gasteiger partial charge in [-0.25, -0.2) is 4.98 Å². The second-order valence-corrected chi connectivity index (χ2v) is 7.06. The molecule has 0 aliphatic carbocycles. The maximum Gasteiger partial charge on any atom is 0.302 e. The van der Waals surface area contributed by atoms with Gasteiger partial charge in [-0.1, -0.05) is 29.8 Å². The lowest BCUT2D eigenvalue weighted by Crippen LogP contribution is -2.25. The summed E-state index contributed by atoms with van der Waals surface area (Å²) in [5.41, 5.74) is 1.21. The molecule has 5 nitrogen and oxygen atoms in total. The van der Waals surface area contributed by atoms with Crippen LogP contribution in [0.2, 0.25) is 5.15 Å². The molecule has 2 heterocycles. The lowest BCUT2D eigenvalue weighted by atomic mass is 10.1. The number of hydrogen-bond acceptors (Lipinski definition) is 4. The quantitative estimate of drug-likeness (QED) is 0.635. The van der Waals surface area contributed by atoms with Crippen LogP contribution in [0.3, 0.4) is 0 Å². The van der Waals surface area contributed by atoms with Crippen molar-refractivity contribution in [1.82, 2.24) is 4.98 Å². The minimum atomic E-state index is -4.60. The van der Waals surface area contributed by atoms with E-state index in [0.29, 0.717) is 11.2 Å². The van der Waals surface area contributed by atoms with Gasteiger partial charge in [0.05, 0.1) is 17.0 Å². The first-order valence-corrected chi connectivity index (χ1v) is 8.54. The van der Waals surface area contributed by atoms with Crippen molar-refractivity contribution in [1.29, 1.82) is 0 Å². The minimum Gasteiger partial charge on any atom is -0.311 e. The number of nitrogens with zero attached hydrogens (tertiary/aromatic N) is 2. The summed E-state index contributed by atoms with van der Waals surface area (Å²) in [5, 5.41) is 0.979. The predicted molar refractivity (Wildman–Crippen MR) is 82.1 cm³/mol. The lowest BCUT2D eigenvalue weighted by Gasteiger charge is -2.19. The molecule has 1 unspecified atom stereocenters. The first kappa shape index (κ1) is 15.2. The summed E-state index contributed by atoms with van der Waals surface area (Å²) in [6.07, 6.45) is -0.00256. The Kier molecular flexibility index (Phi) is 3.78. The second kappa shape index (κ2) is 5.48. The zero-order chi connectivity index (χ0) is 15.9. The zero-order valence-corrected chi connectivity index (χ0v) is 12.9. The van der Waals surface area contributed by atoms with Gasteiger partial charge in [-0.05, 0) is 12.1 Å². The molecule has 0 bridgehead atoms. The van der Waals surface area contributed by atoms with E-state index in [9.17, 15) is 17.1 Å². The Hall–Kier alpha value is -1.73. The van der Waals surface area contributed by atoms with E-state index < -0.39 is 21.9 Å². The molecular formula is C14H12ClFN2O3S. The summed E-state index contributed by atoms with van der Waals surface area (Å²) in [5.74, 6) is -1.46. The Morgan fingerprint density at radius 1 is 1.36 bits per heavy atom. The topological polar surface area (TPSA) is 67.3 Å². The van der Waals surface area contributed by atoms with Gasteiger partial charge < -0.3 is 4.90 Å². The van der Waals surface area contributed by atoms with Crippen molar-refractivity contribution in [3.63, 3.8) is 0 Å². The molecule has 1 aliphatic heterocycles. The van der Waals surface area contributed by atoms with Crippen LogP contribution in [0.15, 0.2) is 30.3 Å². The Labute approximate surface area is 131 Å². The van der Waals surface area contributed by atoms with Crippen molar-refractivity contribution < 1.29 is 17.1 Å². The van der Waals surface area contributed by atoms with Crippen LogP contribution in [0.1, 0.15) is 6.42 Å². The van der Waals surface area contributed by atoms with Gasteiger partial charge in [-0.2, -0.15) is 8.42 Å². The van der Waals surface area contributed by atoms with Gasteiger partial charge in [0.25, 0.3) is 0 Å². The fraction of sp³-hybridized carbons (Fsp3) is 0.286. The molecule has 0 N–H and O–H groups in total. The highest BCUT2D eigenvalue weighted by Gasteiger charge is 2.34. The number of amides is 1. The average Bonchev–Trinajstić information content (AvgIpc) is 2.76. The number of carbonyl (C=O) groups excluding carboxylic acids is 1. The van der Waals surface area contributed by atoms with Crippen molar-refractivity contribution >= 4 is 44.3 Å². The monoisotopic (exact) mass is 342 g/mol. The van der Waals surface area contributed by atoms with Crippen molar-refractivity contribution in [3.8, 4) is 0 Å². The van der Waals surface area contributed by atoms with Gasteiger partial charge in [-0.15, -0.1) is 3.89 Å². The number of carbonyl (C=O) groups is 1. The number of anilines is 1. The van der Waals surface area contributed by atoms with Crippen LogP contribution < -0.4 is 4.90 Å². The molecule has 1 amide bonds. The molecule has 0 radical (unpaired) electrons. The van der Waals surface area contributed by atoms with Gasteiger partial charge in [-0.3, -0.25) is 4.79 Å². The van der Waals surface area contributed by atoms with E-state index in [-0.39, 0.29) is 24.0 Å². The molecule has 1 saturated heterocycles. The maximum atomic E-state index is 12.8. The molecule has 1 aromatic carbocycles. The third kappa shape index (κ3) is 3.05. The zero-order valence-electron chi connectivity index (χ0n) is 11.4. The summed E-state index contributed by atoms with van der Waals surface area (Å²) < 4.78 is 34.4. The van der Waals surface area contributed by atoms with Gasteiger partial charge in [0.2, 0.25) is 5.91 Å². The van der Waals surface area contributed by atoms with E-state index in [1.54, 1.807) is 24.3 Å². The normalized spacial score (nSPS) is 19.1. The minimum absolute atomic E-state index is 0.00256. The maximum absolute atomic E-state index is 12.8. The number of fused-ring (bicyclic) bond motifs is 1. The second-order valence-electron chi connectivity index (χ2n) is 5.26. The molecule has 8 heteroatoms. The highest BCUT2D eigenvalue weighted by Crippen LogP contribution is 2.33. The highest BCUT2D eigenvalue weighted by atomic mass is 35.5. The summed E-state index contributed by atoms with van der Waals surface area (Å²) in [6, 6.07) is 8.76. The predicted octanol–water partition coefficient (Wildman–Crippen LogP) is 2.54. The first-order valence-electron chi connectivity index (χ1n) is 6.61. The molecule has 1 aromatic heterocycles. The van der Waals surface area contributed by atoms with Gasteiger partial charge in [0.1, 0.15) is 5.15 Å². The van der Waals surface area contributed by atoms with Crippen molar-refractivity contribution in [3.05, 3.63) is 35.5 Å². The first-order chi connectivity index (χ1) is 10.3. The number of hydrogen-bond donors (Lipinski definition) is 0. The Morgan fingerprint density at radius 2 is 2.09 bits per heavy atom. The Balaban J connectivity index is 1.99. The lowest BCUT2D eigenvalue weighted by molar-refractivity contribution is -0.117. The van der Waals surface area contributed by atoms with E-state index in [1.807, 2.05) is 6.07 Å². The molecule has 22 heavy (non-hydrogen) atoms. The van der Waals surface area contributed by atoms with E-state index in [4.69, 9.17) is 11.6 Å². The van der Waals surface area contributed by atoms with Crippen LogP contribution in [0.5, 0.6) is 0 Å². The van der Waals surface area contributed by atoms with Crippen molar-refractivity contribution in [2.24, 2.45) is 5.92 Å². The van der Waals surface area contributed by atoms with Crippen molar-refractivity contribution in [2.75, 3.05) is 17.2 Å². The molecule has 1 atom stereocenters. The van der Waals surface area contributed by atoms with E-state index in [1.165, 1.54) is 4.90 Å². The number of pyridine rings is 1. The van der Waals surface area contributed by atoms with Gasteiger partial charge in [0, 0.05) is 24.3 Å². The summed E-state index contributed by atoms with van der Waals surface area (Å²) in [4.78, 5) is 17.8. The third-order valence-corrected chi connectivity index (χ3v) is 4.66. The molecule has 0 spiro atoms. The van der Waals surface area contributed by atoms with Gasteiger partial charge in [0.15, 0.2) is 0 Å². The number of benzene rings is 1. The Morgan fingerprint density at radius 3 is 2.82 bits per heavy atom. The van der Waals surface area contributed by atoms with E-state index in [0.717, 1.165) is 5.39 Å². The van der Waals surface area contributed by atoms with Crippen LogP contribution in [-0.2, 0) is 15.0 Å². The average molecular weight is 343 g/mol. The van der Waals surface area contributed by atoms with Crippen LogP contribution >= 0.6 is 11.6 Å². The molecule has 3 rings (SSSR count). The fourth-order valence-electron chi connectivity index (χ4n) is 2.76. The molecule has 0 saturated carbocycles.